The van der Waals surface area contributed by atoms with Crippen molar-refractivity contribution in [2.45, 2.75) is 6.43 Å². The number of halogens is 2. The lowest BCUT2D eigenvalue weighted by atomic mass is 10.5. The third kappa shape index (κ3) is 1.51. The van der Waals surface area contributed by atoms with Gasteiger partial charge in [-0.1, -0.05) is 0 Å². The van der Waals surface area contributed by atoms with Gasteiger partial charge in [-0.15, -0.1) is 0 Å². The van der Waals surface area contributed by atoms with E-state index in [1.807, 2.05) is 0 Å². The molecule has 1 N–H and O–H groups in total. The van der Waals surface area contributed by atoms with E-state index in [1.54, 1.807) is 0 Å². The first kappa shape index (κ1) is 7.64. The van der Waals surface area contributed by atoms with E-state index in [2.05, 4.69) is 9.40 Å². The maximum Gasteiger partial charge on any atom is 0.357 e. The van der Waals surface area contributed by atoms with Gasteiger partial charge in [-0.3, -0.25) is 0 Å². The minimum absolute atomic E-state index is 0.514. The lowest BCUT2D eigenvalue weighted by Crippen LogP contribution is -1.96. The average Bonchev–Trinajstić information content (AvgIpc) is 2.33. The zero-order valence-electron chi connectivity index (χ0n) is 5.12. The van der Waals surface area contributed by atoms with E-state index in [-0.39, 0.29) is 0 Å². The van der Waals surface area contributed by atoms with E-state index >= 15 is 0 Å². The Balaban J connectivity index is 2.90. The van der Waals surface area contributed by atoms with Crippen LogP contribution >= 0.6 is 0 Å². The number of hydrogen-bond donors (Lipinski definition) is 1. The van der Waals surface area contributed by atoms with Crippen molar-refractivity contribution in [1.82, 2.24) is 4.98 Å². The van der Waals surface area contributed by atoms with Crippen molar-refractivity contribution in [2.75, 3.05) is 0 Å². The maximum absolute atomic E-state index is 11.7. The molecular formula is C5H3F2NO3. The monoisotopic (exact) mass is 163 g/mol. The number of rotatable bonds is 2. The third-order valence-corrected chi connectivity index (χ3v) is 0.928. The van der Waals surface area contributed by atoms with Crippen LogP contribution in [-0.4, -0.2) is 16.1 Å². The molecule has 1 aromatic rings. The van der Waals surface area contributed by atoms with Crippen molar-refractivity contribution in [3.8, 4) is 0 Å². The fourth-order valence-corrected chi connectivity index (χ4v) is 0.486. The predicted molar refractivity (Wildman–Crippen MR) is 28.4 cm³/mol. The van der Waals surface area contributed by atoms with Crippen molar-refractivity contribution in [3.63, 3.8) is 0 Å². The Kier molecular flexibility index (Phi) is 1.84. The second kappa shape index (κ2) is 2.65. The van der Waals surface area contributed by atoms with Crippen molar-refractivity contribution in [2.24, 2.45) is 0 Å². The van der Waals surface area contributed by atoms with Crippen LogP contribution in [-0.2, 0) is 0 Å². The van der Waals surface area contributed by atoms with Gasteiger partial charge in [0.25, 0.3) is 5.89 Å². The zero-order valence-corrected chi connectivity index (χ0v) is 5.12. The Morgan fingerprint density at radius 3 is 2.64 bits per heavy atom. The summed E-state index contributed by atoms with van der Waals surface area (Å²) in [5.41, 5.74) is -0.514. The molecule has 11 heavy (non-hydrogen) atoms. The Labute approximate surface area is 59.5 Å². The maximum atomic E-state index is 11.7. The fraction of sp³-hybridized carbons (Fsp3) is 0.200. The summed E-state index contributed by atoms with van der Waals surface area (Å²) in [5, 5.41) is 8.21. The molecule has 0 fully saturated rings. The minimum atomic E-state index is -2.87. The normalized spacial score (nSPS) is 10.5. The van der Waals surface area contributed by atoms with Crippen LogP contribution in [0, 0.1) is 0 Å². The van der Waals surface area contributed by atoms with Crippen LogP contribution in [0.1, 0.15) is 22.8 Å². The first-order chi connectivity index (χ1) is 5.11. The summed E-state index contributed by atoms with van der Waals surface area (Å²) in [7, 11) is 0. The molecule has 0 aliphatic heterocycles. The highest BCUT2D eigenvalue weighted by Crippen LogP contribution is 2.17. The topological polar surface area (TPSA) is 63.3 Å². The van der Waals surface area contributed by atoms with Gasteiger partial charge in [-0.25, -0.2) is 9.78 Å². The highest BCUT2D eigenvalue weighted by atomic mass is 19.3. The Morgan fingerprint density at radius 1 is 1.73 bits per heavy atom. The number of carboxylic acid groups (broad SMARTS) is 1. The number of alkyl halides is 2. The molecule has 0 aliphatic rings. The van der Waals surface area contributed by atoms with E-state index in [1.165, 1.54) is 0 Å². The number of carboxylic acids is 1. The largest absolute Gasteiger partial charge is 0.476 e. The summed E-state index contributed by atoms with van der Waals surface area (Å²) in [6, 6.07) is 0. The first-order valence-electron chi connectivity index (χ1n) is 2.58. The van der Waals surface area contributed by atoms with Crippen LogP contribution in [0.2, 0.25) is 0 Å². The molecular weight excluding hydrogens is 160 g/mol. The molecule has 0 aliphatic carbocycles. The van der Waals surface area contributed by atoms with Gasteiger partial charge in [0, 0.05) is 0 Å². The van der Waals surface area contributed by atoms with Crippen molar-refractivity contribution >= 4 is 5.97 Å². The summed E-state index contributed by atoms with van der Waals surface area (Å²) in [6.07, 6.45) is -2.20. The Bertz CT molecular complexity index is 270. The Hall–Kier alpha value is -1.46. The average molecular weight is 163 g/mol. The molecule has 0 bridgehead atoms. The van der Waals surface area contributed by atoms with Crippen LogP contribution in [0.4, 0.5) is 8.78 Å². The number of hydrogen-bond acceptors (Lipinski definition) is 3. The first-order valence-corrected chi connectivity index (χ1v) is 2.58. The van der Waals surface area contributed by atoms with E-state index in [9.17, 15) is 13.6 Å². The molecule has 0 radical (unpaired) electrons. The molecule has 60 valence electrons. The molecule has 6 heteroatoms. The Morgan fingerprint density at radius 2 is 2.36 bits per heavy atom. The highest BCUT2D eigenvalue weighted by molar-refractivity contribution is 5.84. The molecule has 0 saturated carbocycles. The molecule has 1 heterocycles. The molecule has 1 aromatic heterocycles. The molecule has 0 unspecified atom stereocenters. The van der Waals surface area contributed by atoms with Crippen molar-refractivity contribution in [3.05, 3.63) is 17.8 Å². The number of aromatic carboxylic acids is 1. The lowest BCUT2D eigenvalue weighted by molar-refractivity contribution is 0.0690. The van der Waals surface area contributed by atoms with Gasteiger partial charge in [0.15, 0.2) is 5.69 Å². The van der Waals surface area contributed by atoms with E-state index in [0.29, 0.717) is 6.26 Å². The van der Waals surface area contributed by atoms with Crippen LogP contribution in [0.5, 0.6) is 0 Å². The number of carbonyl (C=O) groups is 1. The second-order valence-corrected chi connectivity index (χ2v) is 1.68. The zero-order chi connectivity index (χ0) is 8.43. The standard InChI is InChI=1S/C5H3F2NO3/c6-3(7)4-8-2(1-11-4)5(9)10/h1,3H,(H,9,10). The second-order valence-electron chi connectivity index (χ2n) is 1.68. The van der Waals surface area contributed by atoms with Crippen molar-refractivity contribution < 1.29 is 23.1 Å². The van der Waals surface area contributed by atoms with Gasteiger partial charge in [-0.05, 0) is 0 Å². The summed E-state index contributed by atoms with van der Waals surface area (Å²) >= 11 is 0. The molecule has 4 nitrogen and oxygen atoms in total. The van der Waals surface area contributed by atoms with E-state index < -0.39 is 24.0 Å². The van der Waals surface area contributed by atoms with Gasteiger partial charge in [0.1, 0.15) is 6.26 Å². The quantitative estimate of drug-likeness (QED) is 0.713. The van der Waals surface area contributed by atoms with E-state index in [0.717, 1.165) is 0 Å². The molecule has 0 aromatic carbocycles. The van der Waals surface area contributed by atoms with Gasteiger partial charge >= 0.3 is 12.4 Å². The lowest BCUT2D eigenvalue weighted by Gasteiger charge is -1.86. The SMILES string of the molecule is O=C(O)c1coc(C(F)F)n1. The highest BCUT2D eigenvalue weighted by Gasteiger charge is 2.17. The predicted octanol–water partition coefficient (Wildman–Crippen LogP) is 1.31. The smallest absolute Gasteiger partial charge is 0.357 e. The molecule has 0 saturated heterocycles. The van der Waals surface area contributed by atoms with Crippen molar-refractivity contribution in [1.29, 1.82) is 0 Å². The number of nitrogens with zero attached hydrogens (tertiary/aromatic N) is 1. The number of oxazole rings is 1. The van der Waals surface area contributed by atoms with Crippen LogP contribution in [0.3, 0.4) is 0 Å². The van der Waals surface area contributed by atoms with Gasteiger partial charge in [0.05, 0.1) is 0 Å². The van der Waals surface area contributed by atoms with Crippen LogP contribution in [0.15, 0.2) is 10.7 Å². The van der Waals surface area contributed by atoms with E-state index in [4.69, 9.17) is 5.11 Å². The summed E-state index contributed by atoms with van der Waals surface area (Å²) in [6.45, 7) is 0. The minimum Gasteiger partial charge on any atom is -0.476 e. The molecule has 1 rings (SSSR count). The van der Waals surface area contributed by atoms with Crippen LogP contribution in [0.25, 0.3) is 0 Å². The van der Waals surface area contributed by atoms with Gasteiger partial charge in [-0.2, -0.15) is 8.78 Å². The molecule has 0 atom stereocenters. The van der Waals surface area contributed by atoms with Crippen LogP contribution < -0.4 is 0 Å². The molecule has 0 spiro atoms. The van der Waals surface area contributed by atoms with Gasteiger partial charge < -0.3 is 9.52 Å². The summed E-state index contributed by atoms with van der Waals surface area (Å²) < 4.78 is 27.5. The third-order valence-electron chi connectivity index (χ3n) is 0.928. The molecule has 0 amide bonds. The summed E-state index contributed by atoms with van der Waals surface area (Å²) in [5.74, 6) is -2.26. The summed E-state index contributed by atoms with van der Waals surface area (Å²) in [4.78, 5) is 13.1. The van der Waals surface area contributed by atoms with Gasteiger partial charge in [0.2, 0.25) is 0 Å². The fourth-order valence-electron chi connectivity index (χ4n) is 0.486. The number of aromatic nitrogens is 1.